The Morgan fingerprint density at radius 3 is 2.78 bits per heavy atom. The summed E-state index contributed by atoms with van der Waals surface area (Å²) < 4.78 is 7.32. The summed E-state index contributed by atoms with van der Waals surface area (Å²) in [6, 6.07) is 12.9. The molecule has 0 radical (unpaired) electrons. The molecule has 1 amide bonds. The molecule has 0 aliphatic rings. The summed E-state index contributed by atoms with van der Waals surface area (Å²) in [7, 11) is 3.62. The minimum absolute atomic E-state index is 0.185. The highest BCUT2D eigenvalue weighted by Gasteiger charge is 2.12. The number of aryl methyl sites for hydroxylation is 1. The highest BCUT2D eigenvalue weighted by Crippen LogP contribution is 2.25. The summed E-state index contributed by atoms with van der Waals surface area (Å²) in [6.07, 6.45) is 2.01. The second-order valence-electron chi connectivity index (χ2n) is 5.31. The van der Waals surface area contributed by atoms with E-state index >= 15 is 0 Å². The molecule has 0 saturated carbocycles. The molecule has 0 atom stereocenters. The van der Waals surface area contributed by atoms with E-state index in [9.17, 15) is 4.79 Å². The van der Waals surface area contributed by atoms with Gasteiger partial charge in [-0.25, -0.2) is 0 Å². The van der Waals surface area contributed by atoms with E-state index in [4.69, 9.17) is 16.3 Å². The maximum absolute atomic E-state index is 12.3. The van der Waals surface area contributed by atoms with Gasteiger partial charge in [-0.1, -0.05) is 23.7 Å². The van der Waals surface area contributed by atoms with Crippen LogP contribution >= 0.6 is 11.6 Å². The van der Waals surface area contributed by atoms with Gasteiger partial charge in [0, 0.05) is 30.7 Å². The molecule has 0 bridgehead atoms. The molecule has 3 aromatic rings. The molecule has 0 aliphatic carbocycles. The molecule has 0 fully saturated rings. The zero-order valence-electron chi connectivity index (χ0n) is 13.0. The average Bonchev–Trinajstić information content (AvgIpc) is 2.88. The first kappa shape index (κ1) is 15.4. The first-order valence-corrected chi connectivity index (χ1v) is 7.62. The summed E-state index contributed by atoms with van der Waals surface area (Å²) in [6.45, 7) is 0.425. The fourth-order valence-corrected chi connectivity index (χ4v) is 2.86. The number of halogens is 1. The standard InChI is InChI=1S/C18H17ClN2O2/c1-21-11-12(15-9-13(23-2)7-8-17(15)21)10-20-18(22)14-5-3-4-6-16(14)19/h3-9,11H,10H2,1-2H3,(H,20,22). The van der Waals surface area contributed by atoms with Crippen LogP contribution in [0.25, 0.3) is 10.9 Å². The molecule has 118 valence electrons. The number of ether oxygens (including phenoxy) is 1. The Bertz CT molecular complexity index is 871. The molecule has 3 rings (SSSR count). The number of carbonyl (C=O) groups is 1. The first-order valence-electron chi connectivity index (χ1n) is 7.25. The van der Waals surface area contributed by atoms with Crippen molar-refractivity contribution in [3.63, 3.8) is 0 Å². The Morgan fingerprint density at radius 1 is 1.26 bits per heavy atom. The lowest BCUT2D eigenvalue weighted by molar-refractivity contribution is 0.0951. The Labute approximate surface area is 139 Å². The SMILES string of the molecule is COc1ccc2c(c1)c(CNC(=O)c1ccccc1Cl)cn2C. The molecule has 2 aromatic carbocycles. The van der Waals surface area contributed by atoms with Crippen molar-refractivity contribution < 1.29 is 9.53 Å². The van der Waals surface area contributed by atoms with Crippen molar-refractivity contribution in [2.24, 2.45) is 7.05 Å². The molecule has 0 spiro atoms. The summed E-state index contributed by atoms with van der Waals surface area (Å²) in [5.74, 6) is 0.609. The number of rotatable bonds is 4. The summed E-state index contributed by atoms with van der Waals surface area (Å²) in [5.41, 5.74) is 2.60. The first-order chi connectivity index (χ1) is 11.1. The van der Waals surface area contributed by atoms with Crippen LogP contribution in [-0.2, 0) is 13.6 Å². The molecule has 1 N–H and O–H groups in total. The van der Waals surface area contributed by atoms with Crippen molar-refractivity contribution >= 4 is 28.4 Å². The van der Waals surface area contributed by atoms with Crippen LogP contribution < -0.4 is 10.1 Å². The van der Waals surface area contributed by atoms with E-state index in [1.54, 1.807) is 31.4 Å². The fourth-order valence-electron chi connectivity index (χ4n) is 2.64. The third kappa shape index (κ3) is 3.03. The van der Waals surface area contributed by atoms with Gasteiger partial charge in [0.1, 0.15) is 5.75 Å². The van der Waals surface area contributed by atoms with E-state index in [0.29, 0.717) is 17.1 Å². The van der Waals surface area contributed by atoms with Crippen LogP contribution in [0.15, 0.2) is 48.7 Å². The third-order valence-corrected chi connectivity index (χ3v) is 4.17. The quantitative estimate of drug-likeness (QED) is 0.792. The molecule has 23 heavy (non-hydrogen) atoms. The Morgan fingerprint density at radius 2 is 2.04 bits per heavy atom. The zero-order valence-corrected chi connectivity index (χ0v) is 13.7. The van der Waals surface area contributed by atoms with E-state index in [2.05, 4.69) is 5.32 Å². The van der Waals surface area contributed by atoms with Gasteiger partial charge in [-0.15, -0.1) is 0 Å². The smallest absolute Gasteiger partial charge is 0.253 e. The van der Waals surface area contributed by atoms with Crippen LogP contribution in [0.3, 0.4) is 0 Å². The largest absolute Gasteiger partial charge is 0.497 e. The number of aromatic nitrogens is 1. The molecule has 1 heterocycles. The minimum Gasteiger partial charge on any atom is -0.497 e. The predicted octanol–water partition coefficient (Wildman–Crippen LogP) is 3.77. The van der Waals surface area contributed by atoms with Crippen molar-refractivity contribution in [1.29, 1.82) is 0 Å². The summed E-state index contributed by atoms with van der Waals surface area (Å²) in [5, 5.41) is 4.43. The van der Waals surface area contributed by atoms with E-state index in [0.717, 1.165) is 22.2 Å². The molecular weight excluding hydrogens is 312 g/mol. The van der Waals surface area contributed by atoms with Gasteiger partial charge in [0.15, 0.2) is 0 Å². The second-order valence-corrected chi connectivity index (χ2v) is 5.72. The number of benzene rings is 2. The Hall–Kier alpha value is -2.46. The van der Waals surface area contributed by atoms with Gasteiger partial charge in [-0.3, -0.25) is 4.79 Å². The number of carbonyl (C=O) groups excluding carboxylic acids is 1. The van der Waals surface area contributed by atoms with Gasteiger partial charge >= 0.3 is 0 Å². The lowest BCUT2D eigenvalue weighted by Crippen LogP contribution is -2.22. The molecule has 0 unspecified atom stereocenters. The fraction of sp³-hybridized carbons (Fsp3) is 0.167. The Balaban J connectivity index is 1.84. The normalized spacial score (nSPS) is 10.7. The van der Waals surface area contributed by atoms with Crippen molar-refractivity contribution in [3.05, 3.63) is 64.8 Å². The number of amides is 1. The van der Waals surface area contributed by atoms with Gasteiger partial charge in [0.2, 0.25) is 0 Å². The third-order valence-electron chi connectivity index (χ3n) is 3.84. The van der Waals surface area contributed by atoms with Crippen molar-refractivity contribution in [3.8, 4) is 5.75 Å². The predicted molar refractivity (Wildman–Crippen MR) is 92.1 cm³/mol. The average molecular weight is 329 g/mol. The van der Waals surface area contributed by atoms with E-state index < -0.39 is 0 Å². The molecule has 0 aliphatic heterocycles. The molecule has 1 aromatic heterocycles. The monoisotopic (exact) mass is 328 g/mol. The van der Waals surface area contributed by atoms with Crippen LogP contribution in [0.5, 0.6) is 5.75 Å². The number of methoxy groups -OCH3 is 1. The van der Waals surface area contributed by atoms with Crippen molar-refractivity contribution in [2.75, 3.05) is 7.11 Å². The van der Waals surface area contributed by atoms with E-state index in [1.807, 2.05) is 36.0 Å². The highest BCUT2D eigenvalue weighted by molar-refractivity contribution is 6.33. The van der Waals surface area contributed by atoms with Crippen LogP contribution in [0.4, 0.5) is 0 Å². The zero-order chi connectivity index (χ0) is 16.4. The van der Waals surface area contributed by atoms with E-state index in [-0.39, 0.29) is 5.91 Å². The number of fused-ring (bicyclic) bond motifs is 1. The maximum Gasteiger partial charge on any atom is 0.253 e. The number of hydrogen-bond donors (Lipinski definition) is 1. The minimum atomic E-state index is -0.185. The molecule has 5 heteroatoms. The van der Waals surface area contributed by atoms with Gasteiger partial charge in [0.05, 0.1) is 17.7 Å². The van der Waals surface area contributed by atoms with Gasteiger partial charge in [-0.2, -0.15) is 0 Å². The molecular formula is C18H17ClN2O2. The summed E-state index contributed by atoms with van der Waals surface area (Å²) in [4.78, 5) is 12.3. The number of nitrogens with zero attached hydrogens (tertiary/aromatic N) is 1. The van der Waals surface area contributed by atoms with Crippen molar-refractivity contribution in [2.45, 2.75) is 6.54 Å². The number of nitrogens with one attached hydrogen (secondary N) is 1. The van der Waals surface area contributed by atoms with Gasteiger partial charge in [0.25, 0.3) is 5.91 Å². The molecule has 0 saturated heterocycles. The van der Waals surface area contributed by atoms with Crippen LogP contribution in [0.2, 0.25) is 5.02 Å². The van der Waals surface area contributed by atoms with Gasteiger partial charge in [-0.05, 0) is 35.9 Å². The maximum atomic E-state index is 12.3. The molecule has 4 nitrogen and oxygen atoms in total. The van der Waals surface area contributed by atoms with Crippen molar-refractivity contribution in [1.82, 2.24) is 9.88 Å². The summed E-state index contributed by atoms with van der Waals surface area (Å²) >= 11 is 6.06. The van der Waals surface area contributed by atoms with Gasteiger partial charge < -0.3 is 14.6 Å². The highest BCUT2D eigenvalue weighted by atomic mass is 35.5. The lowest BCUT2D eigenvalue weighted by atomic mass is 10.1. The number of hydrogen-bond acceptors (Lipinski definition) is 2. The van der Waals surface area contributed by atoms with Crippen LogP contribution in [0.1, 0.15) is 15.9 Å². The van der Waals surface area contributed by atoms with Crippen LogP contribution in [-0.4, -0.2) is 17.6 Å². The topological polar surface area (TPSA) is 43.3 Å². The Kier molecular flexibility index (Phi) is 4.26. The van der Waals surface area contributed by atoms with Crippen LogP contribution in [0, 0.1) is 0 Å². The second kappa shape index (κ2) is 6.34. The lowest BCUT2D eigenvalue weighted by Gasteiger charge is -2.06. The van der Waals surface area contributed by atoms with E-state index in [1.165, 1.54) is 0 Å².